The van der Waals surface area contributed by atoms with E-state index in [2.05, 4.69) is 15.9 Å². The van der Waals surface area contributed by atoms with Gasteiger partial charge in [0.15, 0.2) is 0 Å². The molecule has 0 fully saturated rings. The summed E-state index contributed by atoms with van der Waals surface area (Å²) in [5, 5.41) is 8.48. The minimum Gasteiger partial charge on any atom is -0.481 e. The van der Waals surface area contributed by atoms with Crippen LogP contribution < -0.4 is 5.73 Å². The van der Waals surface area contributed by atoms with Gasteiger partial charge in [0.1, 0.15) is 0 Å². The van der Waals surface area contributed by atoms with E-state index in [-0.39, 0.29) is 12.5 Å². The van der Waals surface area contributed by atoms with Crippen LogP contribution in [-0.4, -0.2) is 17.1 Å². The van der Waals surface area contributed by atoms with Crippen molar-refractivity contribution < 1.29 is 9.90 Å². The number of carboxylic acid groups (broad SMARTS) is 1. The van der Waals surface area contributed by atoms with Crippen molar-refractivity contribution in [3.05, 3.63) is 20.8 Å². The first kappa shape index (κ1) is 10.7. The minimum atomic E-state index is -0.844. The Bertz CT molecular complexity index is 300. The van der Waals surface area contributed by atoms with Crippen LogP contribution in [0.3, 0.4) is 0 Å². The van der Waals surface area contributed by atoms with E-state index in [0.29, 0.717) is 6.42 Å². The molecule has 3 nitrogen and oxygen atoms in total. The van der Waals surface area contributed by atoms with Gasteiger partial charge in [-0.3, -0.25) is 4.79 Å². The van der Waals surface area contributed by atoms with Crippen LogP contribution in [0.1, 0.15) is 11.3 Å². The smallest absolute Gasteiger partial charge is 0.304 e. The molecule has 0 aliphatic heterocycles. The zero-order valence-electron chi connectivity index (χ0n) is 6.87. The molecule has 1 rings (SSSR count). The van der Waals surface area contributed by atoms with Crippen molar-refractivity contribution in [2.24, 2.45) is 5.73 Å². The quantitative estimate of drug-likeness (QED) is 0.872. The molecule has 72 valence electrons. The molecule has 1 heterocycles. The monoisotopic (exact) mass is 263 g/mol. The highest BCUT2D eigenvalue weighted by Crippen LogP contribution is 2.23. The molecular formula is C8H10BrNO2S. The minimum absolute atomic E-state index is 0.0233. The topological polar surface area (TPSA) is 63.3 Å². The molecule has 0 saturated heterocycles. The van der Waals surface area contributed by atoms with Crippen molar-refractivity contribution in [2.45, 2.75) is 18.9 Å². The van der Waals surface area contributed by atoms with Gasteiger partial charge in [0.05, 0.1) is 10.2 Å². The number of carbonyl (C=O) groups is 1. The van der Waals surface area contributed by atoms with Crippen LogP contribution in [0.2, 0.25) is 0 Å². The molecule has 13 heavy (non-hydrogen) atoms. The molecule has 0 bridgehead atoms. The fourth-order valence-electron chi connectivity index (χ4n) is 1.02. The third kappa shape index (κ3) is 3.89. The maximum Gasteiger partial charge on any atom is 0.304 e. The lowest BCUT2D eigenvalue weighted by atomic mass is 10.1. The van der Waals surface area contributed by atoms with E-state index in [1.54, 1.807) is 11.3 Å². The van der Waals surface area contributed by atoms with Gasteiger partial charge in [0, 0.05) is 10.9 Å². The molecule has 3 N–H and O–H groups in total. The van der Waals surface area contributed by atoms with Gasteiger partial charge in [0.25, 0.3) is 0 Å². The number of carboxylic acids is 1. The number of hydrogen-bond acceptors (Lipinski definition) is 3. The van der Waals surface area contributed by atoms with Crippen LogP contribution in [-0.2, 0) is 11.2 Å². The number of thiophene rings is 1. The zero-order valence-corrected chi connectivity index (χ0v) is 9.27. The van der Waals surface area contributed by atoms with Crippen LogP contribution in [0.25, 0.3) is 0 Å². The molecule has 1 aromatic heterocycles. The summed E-state index contributed by atoms with van der Waals surface area (Å²) in [6, 6.07) is 3.60. The second-order valence-corrected chi connectivity index (χ2v) is 5.32. The first-order valence-corrected chi connectivity index (χ1v) is 5.40. The summed E-state index contributed by atoms with van der Waals surface area (Å²) in [7, 11) is 0. The SMILES string of the molecule is NC(CC(=O)O)Cc1ccc(Br)s1. The molecule has 1 aromatic rings. The summed E-state index contributed by atoms with van der Waals surface area (Å²) in [4.78, 5) is 11.4. The van der Waals surface area contributed by atoms with E-state index in [4.69, 9.17) is 10.8 Å². The lowest BCUT2D eigenvalue weighted by molar-refractivity contribution is -0.137. The Balaban J connectivity index is 2.44. The Morgan fingerprint density at radius 1 is 1.69 bits per heavy atom. The summed E-state index contributed by atoms with van der Waals surface area (Å²) in [5.74, 6) is -0.844. The predicted molar refractivity (Wildman–Crippen MR) is 56.0 cm³/mol. The number of aliphatic carboxylic acids is 1. The Kier molecular flexibility index (Phi) is 3.90. The molecule has 5 heteroatoms. The van der Waals surface area contributed by atoms with E-state index >= 15 is 0 Å². The van der Waals surface area contributed by atoms with Crippen LogP contribution in [0, 0.1) is 0 Å². The van der Waals surface area contributed by atoms with Gasteiger partial charge in [-0.1, -0.05) is 0 Å². The van der Waals surface area contributed by atoms with Gasteiger partial charge in [-0.05, 0) is 34.5 Å². The Morgan fingerprint density at radius 3 is 2.85 bits per heavy atom. The number of rotatable bonds is 4. The molecule has 1 unspecified atom stereocenters. The van der Waals surface area contributed by atoms with E-state index in [9.17, 15) is 4.79 Å². The van der Waals surface area contributed by atoms with Crippen LogP contribution in [0.15, 0.2) is 15.9 Å². The van der Waals surface area contributed by atoms with Crippen molar-refractivity contribution in [3.8, 4) is 0 Å². The molecular weight excluding hydrogens is 254 g/mol. The van der Waals surface area contributed by atoms with E-state index in [1.165, 1.54) is 0 Å². The molecule has 0 spiro atoms. The van der Waals surface area contributed by atoms with Gasteiger partial charge >= 0.3 is 5.97 Å². The van der Waals surface area contributed by atoms with Gasteiger partial charge in [-0.2, -0.15) is 0 Å². The van der Waals surface area contributed by atoms with E-state index in [0.717, 1.165) is 8.66 Å². The lowest BCUT2D eigenvalue weighted by Crippen LogP contribution is -2.25. The first-order chi connectivity index (χ1) is 6.08. The average Bonchev–Trinajstić information content (AvgIpc) is 2.33. The molecule has 0 radical (unpaired) electrons. The molecule has 0 aliphatic rings. The Hall–Kier alpha value is -0.390. The maximum atomic E-state index is 10.3. The summed E-state index contributed by atoms with van der Waals surface area (Å²) < 4.78 is 1.05. The second kappa shape index (κ2) is 4.74. The Labute approximate surface area is 88.7 Å². The molecule has 0 saturated carbocycles. The largest absolute Gasteiger partial charge is 0.481 e. The fraction of sp³-hybridized carbons (Fsp3) is 0.375. The molecule has 0 amide bonds. The van der Waals surface area contributed by atoms with Crippen molar-refractivity contribution in [1.82, 2.24) is 0 Å². The van der Waals surface area contributed by atoms with Gasteiger partial charge < -0.3 is 10.8 Å². The summed E-state index contributed by atoms with van der Waals surface area (Å²) in [6.07, 6.45) is 0.651. The number of nitrogens with two attached hydrogens (primary N) is 1. The van der Waals surface area contributed by atoms with E-state index in [1.807, 2.05) is 12.1 Å². The number of halogens is 1. The van der Waals surface area contributed by atoms with E-state index < -0.39 is 5.97 Å². The highest BCUT2D eigenvalue weighted by molar-refractivity contribution is 9.11. The normalized spacial score (nSPS) is 12.8. The summed E-state index contributed by atoms with van der Waals surface area (Å²) in [5.41, 5.74) is 5.63. The van der Waals surface area contributed by atoms with Crippen molar-refractivity contribution in [1.29, 1.82) is 0 Å². The van der Waals surface area contributed by atoms with Crippen LogP contribution >= 0.6 is 27.3 Å². The van der Waals surface area contributed by atoms with Crippen molar-refractivity contribution >= 4 is 33.2 Å². The summed E-state index contributed by atoms with van der Waals surface area (Å²) >= 11 is 4.92. The number of hydrogen-bond donors (Lipinski definition) is 2. The van der Waals surface area contributed by atoms with Crippen molar-refractivity contribution in [2.75, 3.05) is 0 Å². The Morgan fingerprint density at radius 2 is 2.38 bits per heavy atom. The van der Waals surface area contributed by atoms with Gasteiger partial charge in [-0.25, -0.2) is 0 Å². The van der Waals surface area contributed by atoms with Gasteiger partial charge in [-0.15, -0.1) is 11.3 Å². The standard InChI is InChI=1S/C8H10BrNO2S/c9-7-2-1-6(13-7)3-5(10)4-8(11)12/h1-2,5H,3-4,10H2,(H,11,12). The lowest BCUT2D eigenvalue weighted by Gasteiger charge is -2.05. The molecule has 1 atom stereocenters. The van der Waals surface area contributed by atoms with Crippen LogP contribution in [0.4, 0.5) is 0 Å². The average molecular weight is 264 g/mol. The molecule has 0 aromatic carbocycles. The third-order valence-corrected chi connectivity index (χ3v) is 3.18. The predicted octanol–water partition coefficient (Wildman–Crippen LogP) is 1.86. The highest BCUT2D eigenvalue weighted by atomic mass is 79.9. The maximum absolute atomic E-state index is 10.3. The molecule has 0 aliphatic carbocycles. The van der Waals surface area contributed by atoms with Gasteiger partial charge in [0.2, 0.25) is 0 Å². The first-order valence-electron chi connectivity index (χ1n) is 3.79. The highest BCUT2D eigenvalue weighted by Gasteiger charge is 2.09. The fourth-order valence-corrected chi connectivity index (χ4v) is 2.59. The van der Waals surface area contributed by atoms with Crippen molar-refractivity contribution in [3.63, 3.8) is 0 Å². The van der Waals surface area contributed by atoms with Crippen LogP contribution in [0.5, 0.6) is 0 Å². The zero-order chi connectivity index (χ0) is 9.84. The second-order valence-electron chi connectivity index (χ2n) is 2.77. The summed E-state index contributed by atoms with van der Waals surface area (Å²) in [6.45, 7) is 0. The third-order valence-electron chi connectivity index (χ3n) is 1.53.